The van der Waals surface area contributed by atoms with Gasteiger partial charge in [-0.2, -0.15) is 17.5 Å². The van der Waals surface area contributed by atoms with Gasteiger partial charge in [0, 0.05) is 70.4 Å². The van der Waals surface area contributed by atoms with E-state index >= 15 is 0 Å². The highest BCUT2D eigenvalue weighted by atomic mass is 32.2. The van der Waals surface area contributed by atoms with Crippen LogP contribution < -0.4 is 5.32 Å². The molecule has 0 saturated carbocycles. The van der Waals surface area contributed by atoms with Crippen LogP contribution in [0.1, 0.15) is 49.7 Å². The van der Waals surface area contributed by atoms with Gasteiger partial charge in [0.1, 0.15) is 0 Å². The summed E-state index contributed by atoms with van der Waals surface area (Å²) in [6.07, 6.45) is -1.26. The molecular weight excluding hydrogens is 619 g/mol. The summed E-state index contributed by atoms with van der Waals surface area (Å²) in [7, 11) is -2.14. The monoisotopic (exact) mass is 663 g/mol. The van der Waals surface area contributed by atoms with E-state index < -0.39 is 32.7 Å². The van der Waals surface area contributed by atoms with Gasteiger partial charge in [-0.25, -0.2) is 8.42 Å². The lowest BCUT2D eigenvalue weighted by Gasteiger charge is -2.51. The Labute approximate surface area is 269 Å². The van der Waals surface area contributed by atoms with Crippen LogP contribution >= 0.6 is 0 Å². The summed E-state index contributed by atoms with van der Waals surface area (Å²) >= 11 is 0. The average molecular weight is 664 g/mol. The van der Waals surface area contributed by atoms with Crippen molar-refractivity contribution in [2.24, 2.45) is 0 Å². The Morgan fingerprint density at radius 1 is 0.913 bits per heavy atom. The maximum absolute atomic E-state index is 13.6. The highest BCUT2D eigenvalue weighted by Gasteiger charge is 2.43. The van der Waals surface area contributed by atoms with Gasteiger partial charge in [-0.15, -0.1) is 0 Å². The standard InChI is InChI=1S/C33H44F3N5O4S/c1-38-18-20-40(21-19-38)32(25-37-30(42)22-26-8-3-2-4-9-26)13-16-39(17-14-32)31(43)24-28-11-5-6-15-41(28)46(44,45)29-12-7-10-27(23-29)33(34,35)36/h2-4,7-10,12,23,28H,5-6,11,13-22,24-25H2,1H3,(H,37,42). The lowest BCUT2D eigenvalue weighted by atomic mass is 9.84. The van der Waals surface area contributed by atoms with E-state index in [9.17, 15) is 31.2 Å². The number of piperazine rings is 1. The van der Waals surface area contributed by atoms with Crippen LogP contribution in [0.25, 0.3) is 0 Å². The highest BCUT2D eigenvalue weighted by Crippen LogP contribution is 2.34. The molecular formula is C33H44F3N5O4S. The van der Waals surface area contributed by atoms with E-state index in [0.717, 1.165) is 50.3 Å². The molecule has 2 amide bonds. The Morgan fingerprint density at radius 2 is 1.61 bits per heavy atom. The van der Waals surface area contributed by atoms with Crippen LogP contribution in [0.5, 0.6) is 0 Å². The maximum Gasteiger partial charge on any atom is 0.416 e. The predicted octanol–water partition coefficient (Wildman–Crippen LogP) is 3.61. The molecule has 9 nitrogen and oxygen atoms in total. The molecule has 46 heavy (non-hydrogen) atoms. The van der Waals surface area contributed by atoms with E-state index in [1.807, 2.05) is 30.3 Å². The first kappa shape index (κ1) is 34.3. The lowest BCUT2D eigenvalue weighted by Crippen LogP contribution is -2.64. The minimum atomic E-state index is -4.67. The number of carbonyl (C=O) groups excluding carboxylic acids is 2. The number of carbonyl (C=O) groups is 2. The van der Waals surface area contributed by atoms with E-state index in [0.29, 0.717) is 57.8 Å². The van der Waals surface area contributed by atoms with E-state index in [1.54, 1.807) is 4.90 Å². The van der Waals surface area contributed by atoms with E-state index in [1.165, 1.54) is 10.4 Å². The summed E-state index contributed by atoms with van der Waals surface area (Å²) in [5.74, 6) is -0.200. The number of hydrogen-bond acceptors (Lipinski definition) is 6. The molecule has 0 aliphatic carbocycles. The summed E-state index contributed by atoms with van der Waals surface area (Å²) in [6.45, 7) is 5.16. The van der Waals surface area contributed by atoms with Crippen molar-refractivity contribution in [3.8, 4) is 0 Å². The van der Waals surface area contributed by atoms with Gasteiger partial charge in [0.25, 0.3) is 0 Å². The minimum absolute atomic E-state index is 0.0203. The number of halogens is 3. The fourth-order valence-electron chi connectivity index (χ4n) is 6.96. The van der Waals surface area contributed by atoms with Crippen molar-refractivity contribution in [1.29, 1.82) is 0 Å². The summed E-state index contributed by atoms with van der Waals surface area (Å²) in [6, 6.07) is 12.8. The first-order chi connectivity index (χ1) is 21.9. The second-order valence-electron chi connectivity index (χ2n) is 12.8. The molecule has 1 unspecified atom stereocenters. The Morgan fingerprint density at radius 3 is 2.28 bits per heavy atom. The number of likely N-dealkylation sites (tertiary alicyclic amines) is 1. The van der Waals surface area contributed by atoms with E-state index in [4.69, 9.17) is 0 Å². The number of nitrogens with zero attached hydrogens (tertiary/aromatic N) is 4. The second kappa shape index (κ2) is 14.4. The SMILES string of the molecule is CN1CCN(C2(CNC(=O)Cc3ccccc3)CCN(C(=O)CC3CCCCN3S(=O)(=O)c3cccc(C(F)(F)F)c3)CC2)CC1. The number of rotatable bonds is 9. The van der Waals surface area contributed by atoms with Crippen molar-refractivity contribution in [3.05, 3.63) is 65.7 Å². The van der Waals surface area contributed by atoms with Crippen molar-refractivity contribution >= 4 is 21.8 Å². The molecule has 3 aliphatic rings. The zero-order chi connectivity index (χ0) is 33.0. The number of hydrogen-bond donors (Lipinski definition) is 1. The summed E-state index contributed by atoms with van der Waals surface area (Å²) in [4.78, 5) is 32.6. The van der Waals surface area contributed by atoms with Crippen LogP contribution in [-0.4, -0.2) is 110 Å². The molecule has 5 rings (SSSR count). The van der Waals surface area contributed by atoms with Gasteiger partial charge in [0.05, 0.1) is 16.9 Å². The van der Waals surface area contributed by atoms with E-state index in [2.05, 4.69) is 22.2 Å². The molecule has 0 bridgehead atoms. The molecule has 13 heteroatoms. The van der Waals surface area contributed by atoms with E-state index in [-0.39, 0.29) is 30.3 Å². The number of alkyl halides is 3. The normalized spacial score (nSPS) is 22.0. The van der Waals surface area contributed by atoms with Crippen LogP contribution in [0.2, 0.25) is 0 Å². The Hall–Kier alpha value is -3.00. The molecule has 2 aromatic carbocycles. The number of piperidine rings is 2. The summed E-state index contributed by atoms with van der Waals surface area (Å²) < 4.78 is 68.3. The van der Waals surface area contributed by atoms with Crippen molar-refractivity contribution in [3.63, 3.8) is 0 Å². The van der Waals surface area contributed by atoms with Crippen molar-refractivity contribution in [1.82, 2.24) is 24.3 Å². The van der Waals surface area contributed by atoms with Gasteiger partial charge in [-0.1, -0.05) is 42.8 Å². The number of likely N-dealkylation sites (N-methyl/N-ethyl adjacent to an activating group) is 1. The lowest BCUT2D eigenvalue weighted by molar-refractivity contribution is -0.138. The van der Waals surface area contributed by atoms with Crippen LogP contribution in [0.4, 0.5) is 13.2 Å². The number of amides is 2. The van der Waals surface area contributed by atoms with Gasteiger partial charge in [-0.05, 0) is 56.5 Å². The first-order valence-electron chi connectivity index (χ1n) is 16.1. The smallest absolute Gasteiger partial charge is 0.354 e. The van der Waals surface area contributed by atoms with Crippen LogP contribution in [0.15, 0.2) is 59.5 Å². The Balaban J connectivity index is 1.24. The maximum atomic E-state index is 13.6. The third-order valence-electron chi connectivity index (χ3n) is 9.79. The molecule has 2 aromatic rings. The van der Waals surface area contributed by atoms with Crippen molar-refractivity contribution in [2.75, 3.05) is 59.4 Å². The van der Waals surface area contributed by atoms with Crippen LogP contribution in [0.3, 0.4) is 0 Å². The summed E-state index contributed by atoms with van der Waals surface area (Å²) in [5, 5.41) is 3.17. The summed E-state index contributed by atoms with van der Waals surface area (Å²) in [5.41, 5.74) is -0.374. The van der Waals surface area contributed by atoms with Gasteiger partial charge >= 0.3 is 6.18 Å². The van der Waals surface area contributed by atoms with Crippen LogP contribution in [-0.2, 0) is 32.2 Å². The topological polar surface area (TPSA) is 93.3 Å². The fraction of sp³-hybridized carbons (Fsp3) is 0.576. The molecule has 3 saturated heterocycles. The first-order valence-corrected chi connectivity index (χ1v) is 17.5. The molecule has 3 heterocycles. The number of sulfonamides is 1. The Kier molecular flexibility index (Phi) is 10.8. The molecule has 3 fully saturated rings. The third-order valence-corrected chi connectivity index (χ3v) is 11.7. The van der Waals surface area contributed by atoms with Gasteiger partial charge in [0.2, 0.25) is 21.8 Å². The van der Waals surface area contributed by atoms with Crippen molar-refractivity contribution < 1.29 is 31.2 Å². The predicted molar refractivity (Wildman–Crippen MR) is 168 cm³/mol. The Bertz CT molecular complexity index is 1460. The molecule has 1 atom stereocenters. The van der Waals surface area contributed by atoms with Gasteiger partial charge in [0.15, 0.2) is 0 Å². The van der Waals surface area contributed by atoms with Gasteiger partial charge < -0.3 is 15.1 Å². The average Bonchev–Trinajstić information content (AvgIpc) is 3.04. The van der Waals surface area contributed by atoms with Crippen LogP contribution in [0, 0.1) is 0 Å². The van der Waals surface area contributed by atoms with Gasteiger partial charge in [-0.3, -0.25) is 14.5 Å². The quantitative estimate of drug-likeness (QED) is 0.441. The molecule has 0 radical (unpaired) electrons. The molecule has 3 aliphatic heterocycles. The van der Waals surface area contributed by atoms with Crippen molar-refractivity contribution in [2.45, 2.75) is 67.6 Å². The zero-order valence-electron chi connectivity index (χ0n) is 26.3. The fourth-order valence-corrected chi connectivity index (χ4v) is 8.70. The molecule has 252 valence electrons. The number of nitrogens with one attached hydrogen (secondary N) is 1. The largest absolute Gasteiger partial charge is 0.416 e. The zero-order valence-corrected chi connectivity index (χ0v) is 27.2. The molecule has 0 spiro atoms. The molecule has 1 N–H and O–H groups in total. The second-order valence-corrected chi connectivity index (χ2v) is 14.7. The molecule has 0 aromatic heterocycles. The minimum Gasteiger partial charge on any atom is -0.354 e. The highest BCUT2D eigenvalue weighted by molar-refractivity contribution is 7.89. The number of benzene rings is 2. The third kappa shape index (κ3) is 8.10.